The molecule has 4 nitrogen and oxygen atoms in total. The number of carbonyl (C=O) groups is 1. The molecule has 0 radical (unpaired) electrons. The van der Waals surface area contributed by atoms with E-state index in [2.05, 4.69) is 75.9 Å². The highest BCUT2D eigenvalue weighted by Gasteiger charge is 2.27. The van der Waals surface area contributed by atoms with Gasteiger partial charge in [-0.2, -0.15) is 0 Å². The fraction of sp³-hybridized carbons (Fsp3) is 0.353. The van der Waals surface area contributed by atoms with Crippen molar-refractivity contribution in [3.8, 4) is 0 Å². The maximum atomic E-state index is 12.0. The molecule has 0 bridgehead atoms. The van der Waals surface area contributed by atoms with Crippen molar-refractivity contribution in [1.29, 1.82) is 0 Å². The van der Waals surface area contributed by atoms with Gasteiger partial charge >= 0.3 is 0 Å². The van der Waals surface area contributed by atoms with Crippen LogP contribution in [0.1, 0.15) is 67.7 Å². The van der Waals surface area contributed by atoms with Gasteiger partial charge in [-0.3, -0.25) is 14.7 Å². The standard InChI is InChI=1S/C34H41N3O/c38-33(21-11-10-15-30-16-13-24-35-28-30)36-25-12-2-1-5-14-29-22-26-37(27-23-29)34(31-17-6-3-7-18-31)32-19-8-4-9-20-32/h3-4,6-11,13,15-21,24,28-29,34H,1-2,5,12,14,22-23,25-27H2,(H,36,38)/b15-10+,21-11+. The second-order valence-electron chi connectivity index (χ2n) is 10.2. The molecule has 1 aliphatic heterocycles. The first-order chi connectivity index (χ1) is 18.8. The maximum absolute atomic E-state index is 12.0. The number of aromatic nitrogens is 1. The van der Waals surface area contributed by atoms with Crippen molar-refractivity contribution in [2.75, 3.05) is 19.6 Å². The second kappa shape index (κ2) is 15.7. The molecule has 0 aliphatic carbocycles. The molecule has 1 aromatic heterocycles. The topological polar surface area (TPSA) is 45.2 Å². The third kappa shape index (κ3) is 9.11. The highest BCUT2D eigenvalue weighted by Crippen LogP contribution is 2.33. The van der Waals surface area contributed by atoms with Gasteiger partial charge in [-0.15, -0.1) is 0 Å². The van der Waals surface area contributed by atoms with Crippen LogP contribution in [0.5, 0.6) is 0 Å². The van der Waals surface area contributed by atoms with Crippen molar-refractivity contribution >= 4 is 12.0 Å². The lowest BCUT2D eigenvalue weighted by molar-refractivity contribution is -0.116. The molecule has 0 spiro atoms. The number of likely N-dealkylation sites (tertiary alicyclic amines) is 1. The number of pyridine rings is 1. The minimum atomic E-state index is -0.0306. The van der Waals surface area contributed by atoms with E-state index in [9.17, 15) is 4.79 Å². The molecule has 4 heteroatoms. The van der Waals surface area contributed by atoms with Gasteiger partial charge in [0, 0.05) is 25.0 Å². The largest absolute Gasteiger partial charge is 0.353 e. The van der Waals surface area contributed by atoms with E-state index in [0.717, 1.165) is 37.5 Å². The average Bonchev–Trinajstić information content (AvgIpc) is 2.97. The summed E-state index contributed by atoms with van der Waals surface area (Å²) in [5.74, 6) is 0.805. The molecule has 198 valence electrons. The van der Waals surface area contributed by atoms with E-state index in [4.69, 9.17) is 0 Å². The zero-order valence-electron chi connectivity index (χ0n) is 22.4. The Bertz CT molecular complexity index is 1080. The van der Waals surface area contributed by atoms with Crippen molar-refractivity contribution in [3.05, 3.63) is 120 Å². The molecule has 0 saturated carbocycles. The van der Waals surface area contributed by atoms with E-state index in [1.165, 1.54) is 49.7 Å². The van der Waals surface area contributed by atoms with Gasteiger partial charge in [0.05, 0.1) is 6.04 Å². The summed E-state index contributed by atoms with van der Waals surface area (Å²) in [4.78, 5) is 18.7. The van der Waals surface area contributed by atoms with Gasteiger partial charge in [-0.1, -0.05) is 111 Å². The zero-order valence-corrected chi connectivity index (χ0v) is 22.4. The Morgan fingerprint density at radius 3 is 2.21 bits per heavy atom. The molecule has 1 fully saturated rings. The van der Waals surface area contributed by atoms with Crippen molar-refractivity contribution in [2.24, 2.45) is 5.92 Å². The Kier molecular flexibility index (Phi) is 11.4. The molecule has 38 heavy (non-hydrogen) atoms. The quantitative estimate of drug-likeness (QED) is 0.151. The molecule has 4 rings (SSSR count). The van der Waals surface area contributed by atoms with Gasteiger partial charge in [0.1, 0.15) is 0 Å². The van der Waals surface area contributed by atoms with Crippen LogP contribution >= 0.6 is 0 Å². The molecule has 1 aliphatic rings. The lowest BCUT2D eigenvalue weighted by Gasteiger charge is -2.38. The van der Waals surface area contributed by atoms with Gasteiger partial charge < -0.3 is 5.32 Å². The highest BCUT2D eigenvalue weighted by molar-refractivity contribution is 5.87. The zero-order chi connectivity index (χ0) is 26.3. The fourth-order valence-electron chi connectivity index (χ4n) is 5.35. The van der Waals surface area contributed by atoms with Crippen molar-refractivity contribution in [2.45, 2.75) is 51.0 Å². The predicted octanol–water partition coefficient (Wildman–Crippen LogP) is 7.22. The van der Waals surface area contributed by atoms with E-state index in [1.807, 2.05) is 24.3 Å². The summed E-state index contributed by atoms with van der Waals surface area (Å²) in [5, 5.41) is 2.99. The molecular weight excluding hydrogens is 466 g/mol. The van der Waals surface area contributed by atoms with Crippen molar-refractivity contribution in [1.82, 2.24) is 15.2 Å². The number of rotatable bonds is 13. The van der Waals surface area contributed by atoms with Gasteiger partial charge in [0.25, 0.3) is 0 Å². The summed E-state index contributed by atoms with van der Waals surface area (Å²) < 4.78 is 0. The molecule has 1 saturated heterocycles. The number of nitrogens with one attached hydrogen (secondary N) is 1. The highest BCUT2D eigenvalue weighted by atomic mass is 16.1. The third-order valence-corrected chi connectivity index (χ3v) is 7.42. The van der Waals surface area contributed by atoms with Gasteiger partial charge in [-0.05, 0) is 61.0 Å². The Labute approximate surface area is 228 Å². The Morgan fingerprint density at radius 2 is 1.55 bits per heavy atom. The Hall–Kier alpha value is -3.50. The smallest absolute Gasteiger partial charge is 0.243 e. The molecular formula is C34H41N3O. The van der Waals surface area contributed by atoms with Crippen LogP contribution in [0.3, 0.4) is 0 Å². The van der Waals surface area contributed by atoms with Gasteiger partial charge in [-0.25, -0.2) is 0 Å². The molecule has 3 aromatic rings. The number of carbonyl (C=O) groups excluding carboxylic acids is 1. The predicted molar refractivity (Wildman–Crippen MR) is 158 cm³/mol. The van der Waals surface area contributed by atoms with E-state index >= 15 is 0 Å². The number of benzene rings is 2. The first kappa shape index (κ1) is 27.5. The second-order valence-corrected chi connectivity index (χ2v) is 10.2. The van der Waals surface area contributed by atoms with Gasteiger partial charge in [0.15, 0.2) is 0 Å². The van der Waals surface area contributed by atoms with E-state index < -0.39 is 0 Å². The lowest BCUT2D eigenvalue weighted by atomic mass is 9.88. The van der Waals surface area contributed by atoms with Crippen LogP contribution in [0.4, 0.5) is 0 Å². The first-order valence-corrected chi connectivity index (χ1v) is 14.2. The molecule has 0 unspecified atom stereocenters. The van der Waals surface area contributed by atoms with Crippen LogP contribution in [0.2, 0.25) is 0 Å². The summed E-state index contributed by atoms with van der Waals surface area (Å²) in [6.07, 6.45) is 19.3. The van der Waals surface area contributed by atoms with Crippen LogP contribution in [0.25, 0.3) is 6.08 Å². The van der Waals surface area contributed by atoms with Crippen molar-refractivity contribution in [3.63, 3.8) is 0 Å². The maximum Gasteiger partial charge on any atom is 0.243 e. The van der Waals surface area contributed by atoms with Crippen LogP contribution < -0.4 is 5.32 Å². The van der Waals surface area contributed by atoms with E-state index in [-0.39, 0.29) is 5.91 Å². The summed E-state index contributed by atoms with van der Waals surface area (Å²) in [5.41, 5.74) is 3.80. The molecule has 2 aromatic carbocycles. The van der Waals surface area contributed by atoms with E-state index in [0.29, 0.717) is 6.04 Å². The van der Waals surface area contributed by atoms with E-state index in [1.54, 1.807) is 24.5 Å². The Balaban J connectivity index is 1.08. The number of amides is 1. The molecule has 2 heterocycles. The van der Waals surface area contributed by atoms with Gasteiger partial charge in [0.2, 0.25) is 5.91 Å². The van der Waals surface area contributed by atoms with Crippen molar-refractivity contribution < 1.29 is 4.79 Å². The minimum Gasteiger partial charge on any atom is -0.353 e. The number of hydrogen-bond donors (Lipinski definition) is 1. The number of unbranched alkanes of at least 4 members (excludes halogenated alkanes) is 3. The number of allylic oxidation sites excluding steroid dienone is 2. The average molecular weight is 508 g/mol. The van der Waals surface area contributed by atoms with Crippen LogP contribution in [-0.2, 0) is 4.79 Å². The molecule has 1 amide bonds. The number of nitrogens with zero attached hydrogens (tertiary/aromatic N) is 2. The monoisotopic (exact) mass is 507 g/mol. The van der Waals surface area contributed by atoms with Crippen LogP contribution in [0, 0.1) is 5.92 Å². The molecule has 0 atom stereocenters. The minimum absolute atomic E-state index is 0.0306. The van der Waals surface area contributed by atoms with Crippen LogP contribution in [0.15, 0.2) is 103 Å². The summed E-state index contributed by atoms with van der Waals surface area (Å²) in [7, 11) is 0. The first-order valence-electron chi connectivity index (χ1n) is 14.2. The fourth-order valence-corrected chi connectivity index (χ4v) is 5.35. The lowest BCUT2D eigenvalue weighted by Crippen LogP contribution is -2.37. The Morgan fingerprint density at radius 1 is 0.868 bits per heavy atom. The number of piperidine rings is 1. The third-order valence-electron chi connectivity index (χ3n) is 7.42. The molecule has 1 N–H and O–H groups in total. The SMILES string of the molecule is O=C(/C=C/C=C/c1cccnc1)NCCCCCCC1CCN(C(c2ccccc2)c2ccccc2)CC1. The summed E-state index contributed by atoms with van der Waals surface area (Å²) in [6.45, 7) is 3.07. The summed E-state index contributed by atoms with van der Waals surface area (Å²) in [6, 6.07) is 26.1. The van der Waals surface area contributed by atoms with Crippen LogP contribution in [-0.4, -0.2) is 35.4 Å². The number of hydrogen-bond acceptors (Lipinski definition) is 3. The normalized spacial score (nSPS) is 15.0. The summed E-state index contributed by atoms with van der Waals surface area (Å²) >= 11 is 0.